The van der Waals surface area contributed by atoms with E-state index in [1.165, 1.54) is 4.90 Å². The fourth-order valence-electron chi connectivity index (χ4n) is 2.96. The Balaban J connectivity index is 1.62. The minimum absolute atomic E-state index is 0.159. The number of phenolic OH excluding ortho intramolecular Hbond substituents is 1. The lowest BCUT2D eigenvalue weighted by molar-refractivity contribution is -0.123. The number of carbonyl (C=O) groups is 2. The SMILES string of the molecule is O=C1S/C(=C\c2ccc(O)cc2)C(=O)N1Cc1cccc2ccccc12. The lowest BCUT2D eigenvalue weighted by Crippen LogP contribution is -2.27. The zero-order chi connectivity index (χ0) is 18.1. The third kappa shape index (κ3) is 3.09. The van der Waals surface area contributed by atoms with Crippen molar-refractivity contribution in [3.8, 4) is 5.75 Å². The van der Waals surface area contributed by atoms with Gasteiger partial charge in [0.05, 0.1) is 11.4 Å². The van der Waals surface area contributed by atoms with E-state index in [2.05, 4.69) is 0 Å². The molecule has 4 nitrogen and oxygen atoms in total. The van der Waals surface area contributed by atoms with E-state index in [0.29, 0.717) is 4.91 Å². The molecule has 0 radical (unpaired) electrons. The second kappa shape index (κ2) is 6.69. The summed E-state index contributed by atoms with van der Waals surface area (Å²) in [7, 11) is 0. The molecular weight excluding hydrogens is 346 g/mol. The van der Waals surface area contributed by atoms with E-state index in [9.17, 15) is 14.7 Å². The summed E-state index contributed by atoms with van der Waals surface area (Å²) >= 11 is 0.942. The normalized spacial score (nSPS) is 16.0. The molecule has 0 atom stereocenters. The van der Waals surface area contributed by atoms with Gasteiger partial charge in [-0.1, -0.05) is 54.6 Å². The van der Waals surface area contributed by atoms with Gasteiger partial charge in [0.15, 0.2) is 0 Å². The smallest absolute Gasteiger partial charge is 0.293 e. The van der Waals surface area contributed by atoms with E-state index in [0.717, 1.165) is 33.7 Å². The highest BCUT2D eigenvalue weighted by molar-refractivity contribution is 8.18. The molecule has 1 aliphatic rings. The van der Waals surface area contributed by atoms with Crippen LogP contribution in [0.5, 0.6) is 5.75 Å². The number of amides is 2. The number of rotatable bonds is 3. The zero-order valence-electron chi connectivity index (χ0n) is 13.8. The molecule has 0 aliphatic carbocycles. The molecule has 3 aromatic rings. The van der Waals surface area contributed by atoms with Gasteiger partial charge in [0.2, 0.25) is 0 Å². The molecule has 1 heterocycles. The summed E-state index contributed by atoms with van der Waals surface area (Å²) in [6.45, 7) is 0.249. The Morgan fingerprint density at radius 2 is 1.65 bits per heavy atom. The number of aromatic hydroxyl groups is 1. The summed E-state index contributed by atoms with van der Waals surface area (Å²) in [5, 5.41) is 11.2. The van der Waals surface area contributed by atoms with Crippen LogP contribution in [0.25, 0.3) is 16.8 Å². The summed E-state index contributed by atoms with van der Waals surface area (Å²) in [6, 6.07) is 20.3. The van der Waals surface area contributed by atoms with E-state index < -0.39 is 0 Å². The second-order valence-corrected chi connectivity index (χ2v) is 6.99. The highest BCUT2D eigenvalue weighted by Crippen LogP contribution is 2.34. The molecule has 0 saturated carbocycles. The van der Waals surface area contributed by atoms with Crippen molar-refractivity contribution in [3.63, 3.8) is 0 Å². The van der Waals surface area contributed by atoms with Crippen molar-refractivity contribution in [1.82, 2.24) is 4.90 Å². The summed E-state index contributed by atoms with van der Waals surface area (Å²) in [6.07, 6.45) is 1.67. The molecule has 3 aromatic carbocycles. The quantitative estimate of drug-likeness (QED) is 0.682. The molecule has 0 aromatic heterocycles. The monoisotopic (exact) mass is 361 g/mol. The van der Waals surface area contributed by atoms with E-state index in [1.54, 1.807) is 30.3 Å². The van der Waals surface area contributed by atoms with Gasteiger partial charge in [-0.3, -0.25) is 14.5 Å². The average molecular weight is 361 g/mol. The van der Waals surface area contributed by atoms with Crippen LogP contribution in [0.4, 0.5) is 4.79 Å². The van der Waals surface area contributed by atoms with Crippen LogP contribution in [0.3, 0.4) is 0 Å². The average Bonchev–Trinajstić information content (AvgIpc) is 2.91. The van der Waals surface area contributed by atoms with Gasteiger partial charge in [-0.05, 0) is 51.9 Å². The molecule has 2 amide bonds. The topological polar surface area (TPSA) is 57.6 Å². The minimum atomic E-state index is -0.291. The maximum Gasteiger partial charge on any atom is 0.293 e. The first-order chi connectivity index (χ1) is 12.6. The Bertz CT molecular complexity index is 1040. The Labute approximate surface area is 154 Å². The van der Waals surface area contributed by atoms with Crippen LogP contribution in [-0.4, -0.2) is 21.2 Å². The van der Waals surface area contributed by atoms with E-state index in [1.807, 2.05) is 42.5 Å². The summed E-state index contributed by atoms with van der Waals surface area (Å²) in [5.41, 5.74) is 1.70. The number of hydrogen-bond acceptors (Lipinski definition) is 4. The van der Waals surface area contributed by atoms with Crippen molar-refractivity contribution in [3.05, 3.63) is 82.8 Å². The lowest BCUT2D eigenvalue weighted by atomic mass is 10.0. The number of fused-ring (bicyclic) bond motifs is 1. The molecule has 4 rings (SSSR count). The van der Waals surface area contributed by atoms with Gasteiger partial charge in [0, 0.05) is 0 Å². The van der Waals surface area contributed by atoms with Crippen molar-refractivity contribution in [1.29, 1.82) is 0 Å². The second-order valence-electron chi connectivity index (χ2n) is 6.00. The van der Waals surface area contributed by atoms with Crippen molar-refractivity contribution in [2.75, 3.05) is 0 Å². The largest absolute Gasteiger partial charge is 0.508 e. The number of hydrogen-bond donors (Lipinski definition) is 1. The fourth-order valence-corrected chi connectivity index (χ4v) is 3.80. The number of thioether (sulfide) groups is 1. The van der Waals surface area contributed by atoms with Gasteiger partial charge in [0.1, 0.15) is 5.75 Å². The summed E-state index contributed by atoms with van der Waals surface area (Å²) in [4.78, 5) is 26.7. The van der Waals surface area contributed by atoms with E-state index in [-0.39, 0.29) is 23.4 Å². The van der Waals surface area contributed by atoms with Crippen LogP contribution in [0.15, 0.2) is 71.6 Å². The third-order valence-corrected chi connectivity index (χ3v) is 5.18. The van der Waals surface area contributed by atoms with Crippen molar-refractivity contribution in [2.45, 2.75) is 6.54 Å². The minimum Gasteiger partial charge on any atom is -0.508 e. The Hall–Kier alpha value is -3.05. The molecule has 1 aliphatic heterocycles. The molecule has 1 saturated heterocycles. The van der Waals surface area contributed by atoms with Gasteiger partial charge in [-0.15, -0.1) is 0 Å². The van der Waals surface area contributed by atoms with Gasteiger partial charge >= 0.3 is 0 Å². The van der Waals surface area contributed by atoms with Crippen LogP contribution >= 0.6 is 11.8 Å². The van der Waals surface area contributed by atoms with Crippen molar-refractivity contribution >= 4 is 39.8 Å². The van der Waals surface area contributed by atoms with Crippen LogP contribution in [0.2, 0.25) is 0 Å². The van der Waals surface area contributed by atoms with Crippen LogP contribution in [0, 0.1) is 0 Å². The lowest BCUT2D eigenvalue weighted by Gasteiger charge is -2.14. The highest BCUT2D eigenvalue weighted by Gasteiger charge is 2.35. The van der Waals surface area contributed by atoms with Crippen LogP contribution < -0.4 is 0 Å². The van der Waals surface area contributed by atoms with Gasteiger partial charge in [0.25, 0.3) is 11.1 Å². The maximum absolute atomic E-state index is 12.7. The number of benzene rings is 3. The molecule has 26 heavy (non-hydrogen) atoms. The Kier molecular flexibility index (Phi) is 4.22. The first kappa shape index (κ1) is 16.4. The molecule has 5 heteroatoms. The predicted octanol–water partition coefficient (Wildman–Crippen LogP) is 4.78. The highest BCUT2D eigenvalue weighted by atomic mass is 32.2. The Morgan fingerprint density at radius 3 is 2.46 bits per heavy atom. The van der Waals surface area contributed by atoms with Crippen LogP contribution in [0.1, 0.15) is 11.1 Å². The van der Waals surface area contributed by atoms with Crippen molar-refractivity contribution < 1.29 is 14.7 Å². The summed E-state index contributed by atoms with van der Waals surface area (Å²) in [5.74, 6) is -0.132. The Morgan fingerprint density at radius 1 is 0.923 bits per heavy atom. The van der Waals surface area contributed by atoms with E-state index >= 15 is 0 Å². The number of imide groups is 1. The van der Waals surface area contributed by atoms with Gasteiger partial charge < -0.3 is 5.11 Å². The third-order valence-electron chi connectivity index (χ3n) is 4.27. The first-order valence-corrected chi connectivity index (χ1v) is 8.94. The fraction of sp³-hybridized carbons (Fsp3) is 0.0476. The van der Waals surface area contributed by atoms with Gasteiger partial charge in [-0.25, -0.2) is 0 Å². The first-order valence-electron chi connectivity index (χ1n) is 8.13. The molecule has 0 unspecified atom stereocenters. The van der Waals surface area contributed by atoms with Crippen LogP contribution in [-0.2, 0) is 11.3 Å². The number of nitrogens with zero attached hydrogens (tertiary/aromatic N) is 1. The number of phenols is 1. The molecule has 128 valence electrons. The molecule has 1 N–H and O–H groups in total. The summed E-state index contributed by atoms with van der Waals surface area (Å²) < 4.78 is 0. The standard InChI is InChI=1S/C21H15NO3S/c23-17-10-8-14(9-11-17)12-19-20(24)22(21(25)26-19)13-16-6-3-5-15-4-1-2-7-18(15)16/h1-12,23H,13H2/b19-12-. The molecule has 0 bridgehead atoms. The molecule has 1 fully saturated rings. The van der Waals surface area contributed by atoms with E-state index in [4.69, 9.17) is 0 Å². The predicted molar refractivity (Wildman–Crippen MR) is 104 cm³/mol. The maximum atomic E-state index is 12.7. The molecular formula is C21H15NO3S. The number of carbonyl (C=O) groups excluding carboxylic acids is 2. The zero-order valence-corrected chi connectivity index (χ0v) is 14.6. The van der Waals surface area contributed by atoms with Gasteiger partial charge in [-0.2, -0.15) is 0 Å². The molecule has 0 spiro atoms. The van der Waals surface area contributed by atoms with Crippen molar-refractivity contribution in [2.24, 2.45) is 0 Å².